The molecule has 0 aliphatic carbocycles. The molecule has 2 aliphatic rings. The number of aromatic amines is 1. The van der Waals surface area contributed by atoms with Crippen LogP contribution in [0.15, 0.2) is 12.4 Å². The number of carbonyl (C=O) groups excluding carboxylic acids is 2. The highest BCUT2D eigenvalue weighted by molar-refractivity contribution is 6.41. The summed E-state index contributed by atoms with van der Waals surface area (Å²) in [5.74, 6) is 0.474. The van der Waals surface area contributed by atoms with Crippen LogP contribution in [0.5, 0.6) is 5.75 Å². The van der Waals surface area contributed by atoms with Gasteiger partial charge in [-0.25, -0.2) is 4.98 Å². The molecular weight excluding hydrogens is 532 g/mol. The van der Waals surface area contributed by atoms with E-state index in [1.165, 1.54) is 17.7 Å². The van der Waals surface area contributed by atoms with Crippen molar-refractivity contribution in [1.29, 1.82) is 0 Å². The predicted octanol–water partition coefficient (Wildman–Crippen LogP) is 3.28. The summed E-state index contributed by atoms with van der Waals surface area (Å²) in [6.45, 7) is 9.34. The maximum atomic E-state index is 13.8. The van der Waals surface area contributed by atoms with Crippen molar-refractivity contribution in [2.45, 2.75) is 40.2 Å². The molecule has 4 N–H and O–H groups in total. The van der Waals surface area contributed by atoms with E-state index in [0.717, 1.165) is 30.8 Å². The van der Waals surface area contributed by atoms with E-state index in [4.69, 9.17) is 22.1 Å². The molecule has 0 spiro atoms. The standard InChI is InChI=1S/C28H33ClN8O3/c1-15-12-32-21(17(3)23(15)40-4)14-37-25-22(24(29)34-28(30)35-25)18(27(37)39)11-20-16(2)19(13-33-20)26(38)31-7-10-36-8-5-6-9-36/h11-13,33H,5-10,14H2,1-4H3,(H,31,38)(H2,30,34,35)/b18-11+. The van der Waals surface area contributed by atoms with Crippen molar-refractivity contribution < 1.29 is 14.3 Å². The molecule has 2 aliphatic heterocycles. The van der Waals surface area contributed by atoms with Gasteiger partial charge < -0.3 is 25.7 Å². The van der Waals surface area contributed by atoms with E-state index < -0.39 is 0 Å². The summed E-state index contributed by atoms with van der Waals surface area (Å²) in [5, 5.41) is 3.07. The number of nitrogen functional groups attached to an aromatic ring is 1. The molecule has 2 amide bonds. The molecule has 5 rings (SSSR count). The molecule has 0 saturated carbocycles. The van der Waals surface area contributed by atoms with Crippen molar-refractivity contribution in [2.75, 3.05) is 43.9 Å². The topological polar surface area (TPSA) is 142 Å². The average molecular weight is 565 g/mol. The van der Waals surface area contributed by atoms with Crippen molar-refractivity contribution in [1.82, 2.24) is 30.2 Å². The smallest absolute Gasteiger partial charge is 0.260 e. The number of carbonyl (C=O) groups is 2. The Morgan fingerprint density at radius 3 is 2.70 bits per heavy atom. The molecule has 0 atom stereocenters. The summed E-state index contributed by atoms with van der Waals surface area (Å²) >= 11 is 6.51. The predicted molar refractivity (Wildman–Crippen MR) is 154 cm³/mol. The minimum Gasteiger partial charge on any atom is -0.496 e. The monoisotopic (exact) mass is 564 g/mol. The van der Waals surface area contributed by atoms with Crippen LogP contribution < -0.4 is 20.7 Å². The third kappa shape index (κ3) is 5.14. The minimum atomic E-state index is -0.330. The van der Waals surface area contributed by atoms with Gasteiger partial charge >= 0.3 is 0 Å². The van der Waals surface area contributed by atoms with Gasteiger partial charge in [-0.3, -0.25) is 19.5 Å². The van der Waals surface area contributed by atoms with Crippen molar-refractivity contribution in [2.24, 2.45) is 0 Å². The van der Waals surface area contributed by atoms with Crippen LogP contribution in [0.4, 0.5) is 11.8 Å². The second-order valence-electron chi connectivity index (χ2n) is 10.1. The number of pyridine rings is 1. The third-order valence-corrected chi connectivity index (χ3v) is 7.82. The fourth-order valence-corrected chi connectivity index (χ4v) is 5.62. The van der Waals surface area contributed by atoms with Crippen molar-refractivity contribution in [3.05, 3.63) is 56.8 Å². The lowest BCUT2D eigenvalue weighted by atomic mass is 10.1. The van der Waals surface area contributed by atoms with E-state index in [-0.39, 0.29) is 29.5 Å². The number of nitrogens with one attached hydrogen (secondary N) is 2. The van der Waals surface area contributed by atoms with Crippen molar-refractivity contribution >= 4 is 46.8 Å². The van der Waals surface area contributed by atoms with E-state index in [0.29, 0.717) is 51.8 Å². The Labute approximate surface area is 237 Å². The first-order chi connectivity index (χ1) is 19.2. The zero-order valence-corrected chi connectivity index (χ0v) is 23.9. The van der Waals surface area contributed by atoms with Crippen LogP contribution in [0.2, 0.25) is 5.15 Å². The number of nitrogens with zero attached hydrogens (tertiary/aromatic N) is 5. The number of methoxy groups -OCH3 is 1. The maximum absolute atomic E-state index is 13.8. The van der Waals surface area contributed by atoms with Crippen LogP contribution in [0, 0.1) is 20.8 Å². The van der Waals surface area contributed by atoms with Gasteiger partial charge in [-0.15, -0.1) is 0 Å². The number of fused-ring (bicyclic) bond motifs is 1. The zero-order valence-electron chi connectivity index (χ0n) is 23.1. The molecule has 11 nitrogen and oxygen atoms in total. The zero-order chi connectivity index (χ0) is 28.6. The molecule has 12 heteroatoms. The Hall–Kier alpha value is -3.96. The van der Waals surface area contributed by atoms with E-state index in [1.807, 2.05) is 20.8 Å². The SMILES string of the molecule is COc1c(C)cnc(CN2C(=O)/C(=C/c3[nH]cc(C(=O)NCCN4CCCC4)c3C)c3c(Cl)nc(N)nc32)c1C. The second-order valence-corrected chi connectivity index (χ2v) is 10.5. The van der Waals surface area contributed by atoms with Crippen molar-refractivity contribution in [3.63, 3.8) is 0 Å². The van der Waals surface area contributed by atoms with Crippen LogP contribution in [-0.4, -0.2) is 69.9 Å². The summed E-state index contributed by atoms with van der Waals surface area (Å²) in [6, 6.07) is 0. The molecule has 3 aromatic rings. The number of hydrogen-bond donors (Lipinski definition) is 3. The van der Waals surface area contributed by atoms with Gasteiger partial charge in [0.05, 0.1) is 36.0 Å². The summed E-state index contributed by atoms with van der Waals surface area (Å²) in [6.07, 6.45) is 7.45. The normalized spacial score (nSPS) is 16.2. The molecule has 0 aromatic carbocycles. The highest BCUT2D eigenvalue weighted by atomic mass is 35.5. The number of nitrogens with two attached hydrogens (primary N) is 1. The van der Waals surface area contributed by atoms with Gasteiger partial charge in [-0.1, -0.05) is 11.6 Å². The van der Waals surface area contributed by atoms with E-state index in [9.17, 15) is 9.59 Å². The lowest BCUT2D eigenvalue weighted by Crippen LogP contribution is -2.33. The van der Waals surface area contributed by atoms with Gasteiger partial charge in [0.15, 0.2) is 5.82 Å². The van der Waals surface area contributed by atoms with Gasteiger partial charge in [-0.2, -0.15) is 4.98 Å². The Balaban J connectivity index is 1.44. The molecule has 0 radical (unpaired) electrons. The lowest BCUT2D eigenvalue weighted by Gasteiger charge is -2.19. The number of hydrogen-bond acceptors (Lipinski definition) is 8. The summed E-state index contributed by atoms with van der Waals surface area (Å²) in [4.78, 5) is 46.7. The lowest BCUT2D eigenvalue weighted by molar-refractivity contribution is -0.113. The largest absolute Gasteiger partial charge is 0.496 e. The fraction of sp³-hybridized carbons (Fsp3) is 0.393. The van der Waals surface area contributed by atoms with Crippen LogP contribution in [0.1, 0.15) is 56.8 Å². The highest BCUT2D eigenvalue weighted by Crippen LogP contribution is 2.42. The van der Waals surface area contributed by atoms with Crippen LogP contribution in [0.3, 0.4) is 0 Å². The number of ether oxygens (including phenoxy) is 1. The quantitative estimate of drug-likeness (QED) is 0.279. The van der Waals surface area contributed by atoms with Crippen LogP contribution in [0.25, 0.3) is 11.6 Å². The Morgan fingerprint density at radius 2 is 1.98 bits per heavy atom. The van der Waals surface area contributed by atoms with Gasteiger partial charge in [-0.05, 0) is 58.3 Å². The third-order valence-electron chi connectivity index (χ3n) is 7.55. The molecule has 1 saturated heterocycles. The number of aryl methyl sites for hydroxylation is 1. The second kappa shape index (κ2) is 11.3. The molecule has 1 fully saturated rings. The number of anilines is 2. The van der Waals surface area contributed by atoms with E-state index in [1.54, 1.807) is 25.6 Å². The van der Waals surface area contributed by atoms with Crippen molar-refractivity contribution in [3.8, 4) is 5.75 Å². The number of likely N-dealkylation sites (tertiary alicyclic amines) is 1. The molecule has 0 unspecified atom stereocenters. The molecule has 40 heavy (non-hydrogen) atoms. The van der Waals surface area contributed by atoms with Gasteiger partial charge in [0.1, 0.15) is 10.9 Å². The first-order valence-corrected chi connectivity index (χ1v) is 13.6. The average Bonchev–Trinajstić information content (AvgIpc) is 3.62. The number of rotatable bonds is 8. The Kier molecular flexibility index (Phi) is 7.77. The number of H-pyrrole nitrogens is 1. The number of halogens is 1. The van der Waals surface area contributed by atoms with Gasteiger partial charge in [0.2, 0.25) is 5.95 Å². The summed E-state index contributed by atoms with van der Waals surface area (Å²) in [7, 11) is 1.60. The van der Waals surface area contributed by atoms with E-state index in [2.05, 4.69) is 30.2 Å². The minimum absolute atomic E-state index is 0.0436. The molecule has 3 aromatic heterocycles. The maximum Gasteiger partial charge on any atom is 0.260 e. The number of amides is 2. The van der Waals surface area contributed by atoms with Crippen LogP contribution >= 0.6 is 11.6 Å². The van der Waals surface area contributed by atoms with Gasteiger partial charge in [0, 0.05) is 42.3 Å². The Morgan fingerprint density at radius 1 is 1.23 bits per heavy atom. The van der Waals surface area contributed by atoms with Gasteiger partial charge in [0.25, 0.3) is 11.8 Å². The van der Waals surface area contributed by atoms with E-state index >= 15 is 0 Å². The first-order valence-electron chi connectivity index (χ1n) is 13.2. The Bertz CT molecular complexity index is 1510. The summed E-state index contributed by atoms with van der Waals surface area (Å²) in [5.41, 5.74) is 10.8. The molecule has 5 heterocycles. The molecule has 0 bridgehead atoms. The first kappa shape index (κ1) is 27.6. The highest BCUT2D eigenvalue weighted by Gasteiger charge is 2.38. The number of aromatic nitrogens is 4. The molecule has 210 valence electrons. The summed E-state index contributed by atoms with van der Waals surface area (Å²) < 4.78 is 5.54. The van der Waals surface area contributed by atoms with Crippen LogP contribution in [-0.2, 0) is 11.3 Å². The molecular formula is C28H33ClN8O3. The fourth-order valence-electron chi connectivity index (χ4n) is 5.35.